The lowest BCUT2D eigenvalue weighted by Gasteiger charge is -2.28. The molecule has 242 valence electrons. The number of hydrogen-bond donors (Lipinski definition) is 0. The fourth-order valence-corrected chi connectivity index (χ4v) is 6.96. The summed E-state index contributed by atoms with van der Waals surface area (Å²) in [4.78, 5) is 2.33. The molecule has 1 heteroatoms. The van der Waals surface area contributed by atoms with Crippen LogP contribution in [-0.4, -0.2) is 0 Å². The molecular formula is C50H37N. The van der Waals surface area contributed by atoms with Crippen molar-refractivity contribution in [2.24, 2.45) is 0 Å². The molecule has 8 aromatic carbocycles. The molecule has 0 aliphatic rings. The molecule has 0 unspecified atom stereocenters. The van der Waals surface area contributed by atoms with E-state index in [0.717, 1.165) is 28.2 Å². The Morgan fingerprint density at radius 1 is 0.451 bits per heavy atom. The summed E-state index contributed by atoms with van der Waals surface area (Å²) >= 11 is 0. The molecule has 0 saturated heterocycles. The van der Waals surface area contributed by atoms with Gasteiger partial charge >= 0.3 is 0 Å². The second-order valence-corrected chi connectivity index (χ2v) is 12.6. The number of allylic oxidation sites excluding steroid dienone is 3. The third kappa shape index (κ3) is 6.54. The summed E-state index contributed by atoms with van der Waals surface area (Å²) < 4.78 is 0. The van der Waals surface area contributed by atoms with Gasteiger partial charge in [-0.1, -0.05) is 183 Å². The van der Waals surface area contributed by atoms with Gasteiger partial charge in [-0.25, -0.2) is 0 Å². The third-order valence-electron chi connectivity index (χ3n) is 9.46. The minimum Gasteiger partial charge on any atom is -0.310 e. The Labute approximate surface area is 300 Å². The first-order valence-corrected chi connectivity index (χ1v) is 17.4. The smallest absolute Gasteiger partial charge is 0.0546 e. The van der Waals surface area contributed by atoms with Gasteiger partial charge < -0.3 is 4.90 Å². The van der Waals surface area contributed by atoms with Gasteiger partial charge in [0.05, 0.1) is 5.69 Å². The first kappa shape index (κ1) is 31.6. The molecule has 0 atom stereocenters. The molecule has 0 radical (unpaired) electrons. The molecule has 0 aromatic heterocycles. The van der Waals surface area contributed by atoms with Gasteiger partial charge in [0.15, 0.2) is 0 Å². The number of anilines is 2. The van der Waals surface area contributed by atoms with Gasteiger partial charge in [0.2, 0.25) is 0 Å². The molecule has 1 nitrogen and oxygen atoms in total. The molecule has 0 spiro atoms. The Hall–Kier alpha value is -6.70. The van der Waals surface area contributed by atoms with Crippen LogP contribution in [0.1, 0.15) is 5.56 Å². The standard InChI is InChI=1S/C50H37N/c1-2-43(25-16-19-37-17-6-3-7-18-37)51(50-36-42-24-12-13-26-45(42)47-27-14-15-28-48(47)50)44-32-29-40(30-33-44)49-35-41(38-20-8-4-9-21-38)31-34-46(49)39-22-10-5-11-23-39/h2-36H,1H2/b19-16+,43-25+. The molecule has 0 N–H and O–H groups in total. The van der Waals surface area contributed by atoms with E-state index in [9.17, 15) is 0 Å². The van der Waals surface area contributed by atoms with Crippen LogP contribution in [0.5, 0.6) is 0 Å². The number of nitrogens with zero attached hydrogens (tertiary/aromatic N) is 1. The van der Waals surface area contributed by atoms with E-state index in [2.05, 4.69) is 212 Å². The SMILES string of the molecule is C=C/C(=C\C=C\c1ccccc1)N(c1ccc(-c2cc(-c3ccccc3)ccc2-c2ccccc2)cc1)c1cc2ccccc2c2ccccc12. The fraction of sp³-hybridized carbons (Fsp3) is 0. The summed E-state index contributed by atoms with van der Waals surface area (Å²) in [5, 5.41) is 4.84. The lowest BCUT2D eigenvalue weighted by Crippen LogP contribution is -2.15. The van der Waals surface area contributed by atoms with Crippen molar-refractivity contribution < 1.29 is 0 Å². The van der Waals surface area contributed by atoms with Gasteiger partial charge in [-0.3, -0.25) is 0 Å². The van der Waals surface area contributed by atoms with Gasteiger partial charge in [-0.05, 0) is 91.5 Å². The third-order valence-corrected chi connectivity index (χ3v) is 9.46. The van der Waals surface area contributed by atoms with Crippen LogP contribution in [0, 0.1) is 0 Å². The molecule has 0 amide bonds. The Morgan fingerprint density at radius 3 is 1.73 bits per heavy atom. The Bertz CT molecular complexity index is 2510. The zero-order valence-corrected chi connectivity index (χ0v) is 28.4. The number of benzene rings is 8. The monoisotopic (exact) mass is 651 g/mol. The molecule has 0 aliphatic heterocycles. The molecular weight excluding hydrogens is 615 g/mol. The zero-order chi connectivity index (χ0) is 34.4. The predicted octanol–water partition coefficient (Wildman–Crippen LogP) is 13.9. The largest absolute Gasteiger partial charge is 0.310 e. The van der Waals surface area contributed by atoms with Crippen LogP contribution in [0.25, 0.3) is 61.0 Å². The van der Waals surface area contributed by atoms with Crippen molar-refractivity contribution in [3.8, 4) is 33.4 Å². The highest BCUT2D eigenvalue weighted by Crippen LogP contribution is 2.42. The lowest BCUT2D eigenvalue weighted by molar-refractivity contribution is 1.23. The highest BCUT2D eigenvalue weighted by molar-refractivity contribution is 6.14. The molecule has 0 saturated carbocycles. The quantitative estimate of drug-likeness (QED) is 0.111. The van der Waals surface area contributed by atoms with Crippen molar-refractivity contribution >= 4 is 39.0 Å². The van der Waals surface area contributed by atoms with Crippen molar-refractivity contribution in [1.29, 1.82) is 0 Å². The summed E-state index contributed by atoms with van der Waals surface area (Å²) in [7, 11) is 0. The molecule has 8 rings (SSSR count). The normalized spacial score (nSPS) is 11.6. The van der Waals surface area contributed by atoms with E-state index in [1.54, 1.807) is 0 Å². The van der Waals surface area contributed by atoms with Crippen LogP contribution in [0.2, 0.25) is 0 Å². The average molecular weight is 652 g/mol. The van der Waals surface area contributed by atoms with Crippen molar-refractivity contribution in [3.05, 3.63) is 224 Å². The van der Waals surface area contributed by atoms with Gasteiger partial charge in [-0.15, -0.1) is 0 Å². The summed E-state index contributed by atoms with van der Waals surface area (Å²) in [6.07, 6.45) is 8.34. The second kappa shape index (κ2) is 14.4. The van der Waals surface area contributed by atoms with E-state index in [-0.39, 0.29) is 0 Å². The summed E-state index contributed by atoms with van der Waals surface area (Å²) in [5.41, 5.74) is 11.4. The van der Waals surface area contributed by atoms with Crippen molar-refractivity contribution in [2.45, 2.75) is 0 Å². The van der Waals surface area contributed by atoms with Crippen LogP contribution in [0.4, 0.5) is 11.4 Å². The molecule has 0 bridgehead atoms. The molecule has 8 aromatic rings. The molecule has 0 heterocycles. The van der Waals surface area contributed by atoms with Crippen molar-refractivity contribution in [2.75, 3.05) is 4.90 Å². The maximum Gasteiger partial charge on any atom is 0.0546 e. The van der Waals surface area contributed by atoms with E-state index in [1.807, 2.05) is 12.1 Å². The van der Waals surface area contributed by atoms with Crippen LogP contribution < -0.4 is 4.90 Å². The fourth-order valence-electron chi connectivity index (χ4n) is 6.96. The summed E-state index contributed by atoms with van der Waals surface area (Å²) in [5.74, 6) is 0. The van der Waals surface area contributed by atoms with E-state index >= 15 is 0 Å². The Balaban J connectivity index is 1.29. The van der Waals surface area contributed by atoms with E-state index in [1.165, 1.54) is 49.4 Å². The highest BCUT2D eigenvalue weighted by atomic mass is 15.1. The lowest BCUT2D eigenvalue weighted by atomic mass is 9.91. The van der Waals surface area contributed by atoms with E-state index in [4.69, 9.17) is 0 Å². The van der Waals surface area contributed by atoms with E-state index < -0.39 is 0 Å². The highest BCUT2D eigenvalue weighted by Gasteiger charge is 2.18. The van der Waals surface area contributed by atoms with Gasteiger partial charge in [0.25, 0.3) is 0 Å². The second-order valence-electron chi connectivity index (χ2n) is 12.6. The molecule has 51 heavy (non-hydrogen) atoms. The summed E-state index contributed by atoms with van der Waals surface area (Å²) in [6, 6.07) is 67.1. The summed E-state index contributed by atoms with van der Waals surface area (Å²) in [6.45, 7) is 4.31. The topological polar surface area (TPSA) is 3.24 Å². The number of fused-ring (bicyclic) bond motifs is 3. The van der Waals surface area contributed by atoms with Gasteiger partial charge in [0.1, 0.15) is 0 Å². The van der Waals surface area contributed by atoms with Gasteiger partial charge in [0, 0.05) is 16.8 Å². The Morgan fingerprint density at radius 2 is 1.02 bits per heavy atom. The van der Waals surface area contributed by atoms with Crippen LogP contribution in [-0.2, 0) is 0 Å². The predicted molar refractivity (Wildman–Crippen MR) is 220 cm³/mol. The zero-order valence-electron chi connectivity index (χ0n) is 28.4. The minimum atomic E-state index is 0.978. The first-order valence-electron chi connectivity index (χ1n) is 17.4. The van der Waals surface area contributed by atoms with Crippen molar-refractivity contribution in [3.63, 3.8) is 0 Å². The van der Waals surface area contributed by atoms with Crippen molar-refractivity contribution in [1.82, 2.24) is 0 Å². The number of hydrogen-bond acceptors (Lipinski definition) is 1. The van der Waals surface area contributed by atoms with Crippen LogP contribution in [0.15, 0.2) is 219 Å². The Kier molecular flexibility index (Phi) is 8.92. The van der Waals surface area contributed by atoms with Gasteiger partial charge in [-0.2, -0.15) is 0 Å². The van der Waals surface area contributed by atoms with E-state index in [0.29, 0.717) is 0 Å². The maximum atomic E-state index is 4.31. The van der Waals surface area contributed by atoms with Crippen LogP contribution >= 0.6 is 0 Å². The number of rotatable bonds is 9. The minimum absolute atomic E-state index is 0.978. The first-order chi connectivity index (χ1) is 25.3. The van der Waals surface area contributed by atoms with Crippen LogP contribution in [0.3, 0.4) is 0 Å². The maximum absolute atomic E-state index is 4.31. The average Bonchev–Trinajstić information content (AvgIpc) is 3.21. The molecule has 0 aliphatic carbocycles. The molecule has 0 fully saturated rings.